The van der Waals surface area contributed by atoms with Gasteiger partial charge in [0, 0.05) is 16.0 Å². The molecule has 2 aliphatic rings. The molecule has 28 heavy (non-hydrogen) atoms. The lowest BCUT2D eigenvalue weighted by atomic mass is 10.1. The third-order valence-electron chi connectivity index (χ3n) is 4.67. The lowest BCUT2D eigenvalue weighted by molar-refractivity contribution is -0.117. The molecule has 1 amide bonds. The third-order valence-corrected chi connectivity index (χ3v) is 8.25. The quantitative estimate of drug-likeness (QED) is 0.735. The third kappa shape index (κ3) is 3.94. The van der Waals surface area contributed by atoms with Crippen molar-refractivity contribution in [1.82, 2.24) is 0 Å². The van der Waals surface area contributed by atoms with Crippen molar-refractivity contribution >= 4 is 50.0 Å². The predicted octanol–water partition coefficient (Wildman–Crippen LogP) is 3.32. The number of aliphatic imine (C=N–C) groups is 1. The van der Waals surface area contributed by atoms with E-state index in [-0.39, 0.29) is 35.1 Å². The zero-order chi connectivity index (χ0) is 19.9. The highest BCUT2D eigenvalue weighted by Gasteiger charge is 2.49. The number of carbonyl (C=O) groups excluding carboxylic acids is 1. The number of amidine groups is 1. The second kappa shape index (κ2) is 7.50. The largest absolute Gasteiger partial charge is 0.315 e. The number of amides is 1. The summed E-state index contributed by atoms with van der Waals surface area (Å²) in [6.45, 7) is 0. The van der Waals surface area contributed by atoms with Crippen LogP contribution in [0.5, 0.6) is 0 Å². The molecule has 2 saturated heterocycles. The van der Waals surface area contributed by atoms with E-state index in [1.807, 2.05) is 0 Å². The van der Waals surface area contributed by atoms with Crippen molar-refractivity contribution in [3.05, 3.63) is 64.9 Å². The van der Waals surface area contributed by atoms with Crippen LogP contribution < -0.4 is 4.90 Å². The predicted molar refractivity (Wildman–Crippen MR) is 110 cm³/mol. The molecule has 0 bridgehead atoms. The van der Waals surface area contributed by atoms with E-state index < -0.39 is 15.7 Å². The van der Waals surface area contributed by atoms with E-state index in [1.54, 1.807) is 41.3 Å². The summed E-state index contributed by atoms with van der Waals surface area (Å²) in [7, 11) is -3.18. The number of thioether (sulfide) groups is 1. The number of hydrogen-bond donors (Lipinski definition) is 0. The van der Waals surface area contributed by atoms with E-state index >= 15 is 0 Å². The van der Waals surface area contributed by atoms with Crippen LogP contribution in [0.15, 0.2) is 53.5 Å². The molecule has 2 aromatic carbocycles. The fraction of sp³-hybridized carbons (Fsp3) is 0.263. The summed E-state index contributed by atoms with van der Waals surface area (Å²) >= 11 is 7.37. The molecule has 0 aliphatic carbocycles. The van der Waals surface area contributed by atoms with E-state index in [9.17, 15) is 17.6 Å². The molecule has 5 nitrogen and oxygen atoms in total. The van der Waals surface area contributed by atoms with Crippen LogP contribution >= 0.6 is 23.4 Å². The van der Waals surface area contributed by atoms with Gasteiger partial charge in [0.25, 0.3) is 5.91 Å². The average molecular weight is 439 g/mol. The molecule has 2 aliphatic heterocycles. The number of nitrogens with zero attached hydrogens (tertiary/aromatic N) is 2. The molecule has 2 fully saturated rings. The molecule has 0 spiro atoms. The van der Waals surface area contributed by atoms with Crippen LogP contribution in [0, 0.1) is 5.82 Å². The molecule has 9 heteroatoms. The molecular formula is C19H16ClFN2O3S2. The normalized spacial score (nSPS) is 24.5. The number of sulfone groups is 1. The number of benzene rings is 2. The first kappa shape index (κ1) is 19.4. The van der Waals surface area contributed by atoms with Crippen LogP contribution in [0.3, 0.4) is 0 Å². The van der Waals surface area contributed by atoms with Crippen molar-refractivity contribution in [2.45, 2.75) is 17.7 Å². The molecule has 146 valence electrons. The highest BCUT2D eigenvalue weighted by Crippen LogP contribution is 2.41. The van der Waals surface area contributed by atoms with Crippen molar-refractivity contribution in [2.24, 2.45) is 4.99 Å². The Morgan fingerprint density at radius 1 is 1.21 bits per heavy atom. The molecule has 0 aromatic heterocycles. The van der Waals surface area contributed by atoms with E-state index in [0.717, 1.165) is 0 Å². The van der Waals surface area contributed by atoms with Gasteiger partial charge < -0.3 is 4.90 Å². The van der Waals surface area contributed by atoms with Crippen LogP contribution in [0.25, 0.3) is 0 Å². The Balaban J connectivity index is 1.66. The van der Waals surface area contributed by atoms with Gasteiger partial charge in [0.15, 0.2) is 15.0 Å². The lowest BCUT2D eigenvalue weighted by Gasteiger charge is -2.24. The first-order valence-corrected chi connectivity index (χ1v) is 11.7. The van der Waals surface area contributed by atoms with E-state index in [1.165, 1.54) is 23.9 Å². The smallest absolute Gasteiger partial charge is 0.252 e. The maximum Gasteiger partial charge on any atom is 0.252 e. The minimum Gasteiger partial charge on any atom is -0.315 e. The minimum atomic E-state index is -3.18. The maximum absolute atomic E-state index is 13.8. The van der Waals surface area contributed by atoms with Gasteiger partial charge in [-0.05, 0) is 29.8 Å². The van der Waals surface area contributed by atoms with Crippen LogP contribution in [-0.2, 0) is 21.1 Å². The first-order valence-electron chi connectivity index (χ1n) is 8.59. The second-order valence-corrected chi connectivity index (χ2v) is 10.5. The summed E-state index contributed by atoms with van der Waals surface area (Å²) in [6.07, 6.45) is 0.0361. The summed E-state index contributed by atoms with van der Waals surface area (Å²) in [5, 5.41) is 0.646. The Morgan fingerprint density at radius 3 is 2.75 bits per heavy atom. The maximum atomic E-state index is 13.8. The Morgan fingerprint density at radius 2 is 2.00 bits per heavy atom. The van der Waals surface area contributed by atoms with Crippen molar-refractivity contribution in [2.75, 3.05) is 16.4 Å². The Labute approximate surface area is 171 Å². The van der Waals surface area contributed by atoms with Gasteiger partial charge in [-0.25, -0.2) is 12.8 Å². The van der Waals surface area contributed by atoms with Crippen LogP contribution in [-0.4, -0.2) is 42.3 Å². The van der Waals surface area contributed by atoms with Crippen molar-refractivity contribution in [1.29, 1.82) is 0 Å². The Hall–Kier alpha value is -1.90. The van der Waals surface area contributed by atoms with E-state index in [2.05, 4.69) is 4.99 Å². The summed E-state index contributed by atoms with van der Waals surface area (Å²) < 4.78 is 37.9. The van der Waals surface area contributed by atoms with Gasteiger partial charge >= 0.3 is 0 Å². The monoisotopic (exact) mass is 438 g/mol. The highest BCUT2D eigenvalue weighted by molar-refractivity contribution is 8.16. The van der Waals surface area contributed by atoms with Gasteiger partial charge in [0.2, 0.25) is 0 Å². The topological polar surface area (TPSA) is 66.8 Å². The first-order chi connectivity index (χ1) is 13.3. The molecule has 0 saturated carbocycles. The molecule has 2 atom stereocenters. The number of anilines is 1. The van der Waals surface area contributed by atoms with Crippen molar-refractivity contribution < 1.29 is 17.6 Å². The van der Waals surface area contributed by atoms with Crippen molar-refractivity contribution in [3.8, 4) is 0 Å². The standard InChI is InChI=1S/C19H16ClFN2O3S2/c20-15-7-2-1-4-12(15)8-18(24)22-19-23(14-6-3-5-13(21)9-14)16-10-28(25,26)11-17(16)27-19/h1-7,9,16-17H,8,10-11H2/t16-,17+/m0/s1. The Bertz CT molecular complexity index is 1070. The molecular weight excluding hydrogens is 423 g/mol. The van der Waals surface area contributed by atoms with Crippen LogP contribution in [0.4, 0.5) is 10.1 Å². The molecule has 0 N–H and O–H groups in total. The van der Waals surface area contributed by atoms with Gasteiger partial charge in [0.1, 0.15) is 5.82 Å². The molecule has 2 heterocycles. The summed E-state index contributed by atoms with van der Waals surface area (Å²) in [5.41, 5.74) is 1.16. The number of hydrogen-bond acceptors (Lipinski definition) is 4. The summed E-state index contributed by atoms with van der Waals surface area (Å²) in [4.78, 5) is 18.4. The Kier molecular flexibility index (Phi) is 5.20. The van der Waals surface area contributed by atoms with E-state index in [0.29, 0.717) is 21.4 Å². The summed E-state index contributed by atoms with van der Waals surface area (Å²) in [5.74, 6) is -0.849. The van der Waals surface area contributed by atoms with Gasteiger partial charge in [-0.15, -0.1) is 0 Å². The number of fused-ring (bicyclic) bond motifs is 1. The molecule has 0 unspecified atom stereocenters. The van der Waals surface area contributed by atoms with Gasteiger partial charge in [-0.1, -0.05) is 47.6 Å². The molecule has 2 aromatic rings. The average Bonchev–Trinajstić information content (AvgIpc) is 3.07. The van der Waals surface area contributed by atoms with Crippen molar-refractivity contribution in [3.63, 3.8) is 0 Å². The van der Waals surface area contributed by atoms with Gasteiger partial charge in [-0.2, -0.15) is 4.99 Å². The van der Waals surface area contributed by atoms with Crippen LogP contribution in [0.2, 0.25) is 5.02 Å². The number of carbonyl (C=O) groups is 1. The number of rotatable bonds is 3. The zero-order valence-corrected chi connectivity index (χ0v) is 17.0. The summed E-state index contributed by atoms with van der Waals surface area (Å²) in [6, 6.07) is 12.5. The lowest BCUT2D eigenvalue weighted by Crippen LogP contribution is -2.37. The SMILES string of the molecule is O=C(Cc1ccccc1Cl)N=C1S[C@@H]2CS(=O)(=O)C[C@@H]2N1c1cccc(F)c1. The van der Waals surface area contributed by atoms with Gasteiger partial charge in [-0.3, -0.25) is 4.79 Å². The van der Waals surface area contributed by atoms with Crippen LogP contribution in [0.1, 0.15) is 5.56 Å². The second-order valence-electron chi connectivity index (χ2n) is 6.71. The number of halogens is 2. The fourth-order valence-corrected chi connectivity index (χ4v) is 7.58. The molecule has 4 rings (SSSR count). The van der Waals surface area contributed by atoms with Gasteiger partial charge in [0.05, 0.1) is 24.0 Å². The minimum absolute atomic E-state index is 0.0197. The zero-order valence-electron chi connectivity index (χ0n) is 14.6. The molecule has 0 radical (unpaired) electrons. The highest BCUT2D eigenvalue weighted by atomic mass is 35.5. The fourth-order valence-electron chi connectivity index (χ4n) is 3.44. The van der Waals surface area contributed by atoms with E-state index in [4.69, 9.17) is 11.6 Å².